The lowest BCUT2D eigenvalue weighted by atomic mass is 10.3. The van der Waals surface area contributed by atoms with Gasteiger partial charge in [-0.15, -0.1) is 0 Å². The summed E-state index contributed by atoms with van der Waals surface area (Å²) in [5.74, 6) is -0.231. The molecular formula is C16H23NO5S. The summed E-state index contributed by atoms with van der Waals surface area (Å²) in [6, 6.07) is 6.55. The van der Waals surface area contributed by atoms with Crippen LogP contribution in [0.1, 0.15) is 20.8 Å². The monoisotopic (exact) mass is 341 g/mol. The number of rotatable bonds is 9. The summed E-state index contributed by atoms with van der Waals surface area (Å²) in [7, 11) is -3.62. The van der Waals surface area contributed by atoms with Gasteiger partial charge in [0.15, 0.2) is 0 Å². The second-order valence-corrected chi connectivity index (χ2v) is 7.22. The zero-order valence-electron chi connectivity index (χ0n) is 13.7. The molecule has 0 fully saturated rings. The number of benzene rings is 1. The Labute approximate surface area is 137 Å². The van der Waals surface area contributed by atoms with E-state index in [1.807, 2.05) is 0 Å². The molecule has 23 heavy (non-hydrogen) atoms. The lowest BCUT2D eigenvalue weighted by molar-refractivity contribution is -0.145. The van der Waals surface area contributed by atoms with Crippen LogP contribution in [0.15, 0.2) is 36.9 Å². The fourth-order valence-electron chi connectivity index (χ4n) is 1.81. The van der Waals surface area contributed by atoms with Crippen LogP contribution < -0.4 is 9.04 Å². The SMILES string of the molecule is C=CCOc1cccc(N(CC(=O)OC(C)C)S(=O)(=O)CC)c1. The zero-order valence-corrected chi connectivity index (χ0v) is 14.5. The van der Waals surface area contributed by atoms with E-state index in [9.17, 15) is 13.2 Å². The van der Waals surface area contributed by atoms with Crippen molar-refractivity contribution < 1.29 is 22.7 Å². The lowest BCUT2D eigenvalue weighted by Gasteiger charge is -2.23. The van der Waals surface area contributed by atoms with Crippen LogP contribution in [0.4, 0.5) is 5.69 Å². The molecule has 0 aliphatic heterocycles. The number of carbonyl (C=O) groups excluding carboxylic acids is 1. The smallest absolute Gasteiger partial charge is 0.327 e. The molecule has 128 valence electrons. The minimum atomic E-state index is -3.62. The van der Waals surface area contributed by atoms with Crippen molar-refractivity contribution in [3.05, 3.63) is 36.9 Å². The number of hydrogen-bond acceptors (Lipinski definition) is 5. The average molecular weight is 341 g/mol. The van der Waals surface area contributed by atoms with E-state index >= 15 is 0 Å². The molecule has 1 aromatic carbocycles. The molecule has 6 nitrogen and oxygen atoms in total. The molecule has 0 unspecified atom stereocenters. The second kappa shape index (κ2) is 8.57. The Kier molecular flexibility index (Phi) is 7.09. The van der Waals surface area contributed by atoms with E-state index in [2.05, 4.69) is 6.58 Å². The van der Waals surface area contributed by atoms with E-state index in [0.29, 0.717) is 18.0 Å². The molecule has 0 atom stereocenters. The number of anilines is 1. The standard InChI is InChI=1S/C16H23NO5S/c1-5-10-21-15-9-7-8-14(11-15)17(23(19,20)6-2)12-16(18)22-13(3)4/h5,7-9,11,13H,1,6,10,12H2,2-4H3. The fraction of sp³-hybridized carbons (Fsp3) is 0.438. The molecule has 0 aliphatic carbocycles. The van der Waals surface area contributed by atoms with E-state index in [1.54, 1.807) is 44.2 Å². The third-order valence-electron chi connectivity index (χ3n) is 2.81. The topological polar surface area (TPSA) is 72.9 Å². The third kappa shape index (κ3) is 5.94. The highest BCUT2D eigenvalue weighted by molar-refractivity contribution is 7.92. The second-order valence-electron chi connectivity index (χ2n) is 5.04. The number of sulfonamides is 1. The normalized spacial score (nSPS) is 11.1. The highest BCUT2D eigenvalue weighted by atomic mass is 32.2. The number of carbonyl (C=O) groups is 1. The third-order valence-corrected chi connectivity index (χ3v) is 4.55. The number of ether oxygens (including phenoxy) is 2. The van der Waals surface area contributed by atoms with E-state index in [-0.39, 0.29) is 18.4 Å². The van der Waals surface area contributed by atoms with Gasteiger partial charge < -0.3 is 9.47 Å². The van der Waals surface area contributed by atoms with Crippen LogP contribution in [0.5, 0.6) is 5.75 Å². The Bertz CT molecular complexity index is 640. The highest BCUT2D eigenvalue weighted by Gasteiger charge is 2.25. The Morgan fingerprint density at radius 2 is 2.09 bits per heavy atom. The molecule has 0 bridgehead atoms. The van der Waals surface area contributed by atoms with Crippen molar-refractivity contribution in [2.24, 2.45) is 0 Å². The lowest BCUT2D eigenvalue weighted by Crippen LogP contribution is -2.38. The molecule has 7 heteroatoms. The summed E-state index contributed by atoms with van der Waals surface area (Å²) in [6.45, 7) is 8.43. The maximum absolute atomic E-state index is 12.3. The van der Waals surface area contributed by atoms with Crippen LogP contribution in [0.2, 0.25) is 0 Å². The predicted octanol–water partition coefficient (Wildman–Crippen LogP) is 2.36. The van der Waals surface area contributed by atoms with Crippen LogP contribution in [0, 0.1) is 0 Å². The largest absolute Gasteiger partial charge is 0.489 e. The van der Waals surface area contributed by atoms with Gasteiger partial charge in [0.05, 0.1) is 17.5 Å². The summed E-state index contributed by atoms with van der Waals surface area (Å²) < 4.78 is 36.1. The molecule has 0 aromatic heterocycles. The Hall–Kier alpha value is -2.02. The van der Waals surface area contributed by atoms with Crippen molar-refractivity contribution in [3.8, 4) is 5.75 Å². The number of hydrogen-bond donors (Lipinski definition) is 0. The Morgan fingerprint density at radius 3 is 2.65 bits per heavy atom. The van der Waals surface area contributed by atoms with Crippen LogP contribution in [0.3, 0.4) is 0 Å². The predicted molar refractivity (Wildman–Crippen MR) is 90.2 cm³/mol. The summed E-state index contributed by atoms with van der Waals surface area (Å²) >= 11 is 0. The van der Waals surface area contributed by atoms with Crippen LogP contribution in [-0.4, -0.2) is 39.4 Å². The maximum Gasteiger partial charge on any atom is 0.327 e. The first-order valence-electron chi connectivity index (χ1n) is 7.33. The fourth-order valence-corrected chi connectivity index (χ4v) is 2.86. The first-order chi connectivity index (χ1) is 10.8. The molecule has 0 amide bonds. The van der Waals surface area contributed by atoms with Crippen LogP contribution in [0.25, 0.3) is 0 Å². The van der Waals surface area contributed by atoms with Crippen molar-refractivity contribution >= 4 is 21.7 Å². The summed E-state index contributed by atoms with van der Waals surface area (Å²) in [6.07, 6.45) is 1.28. The van der Waals surface area contributed by atoms with Crippen molar-refractivity contribution in [1.82, 2.24) is 0 Å². The minimum Gasteiger partial charge on any atom is -0.489 e. The quantitative estimate of drug-likeness (QED) is 0.509. The van der Waals surface area contributed by atoms with Crippen molar-refractivity contribution in [2.45, 2.75) is 26.9 Å². The van der Waals surface area contributed by atoms with Crippen molar-refractivity contribution in [2.75, 3.05) is 23.2 Å². The zero-order chi connectivity index (χ0) is 17.5. The number of esters is 1. The number of nitrogens with zero attached hydrogens (tertiary/aromatic N) is 1. The van der Waals surface area contributed by atoms with E-state index in [1.165, 1.54) is 6.92 Å². The molecule has 0 aliphatic rings. The molecular weight excluding hydrogens is 318 g/mol. The van der Waals surface area contributed by atoms with Gasteiger partial charge >= 0.3 is 5.97 Å². The highest BCUT2D eigenvalue weighted by Crippen LogP contribution is 2.24. The maximum atomic E-state index is 12.3. The molecule has 1 rings (SSSR count). The van der Waals surface area contributed by atoms with Crippen LogP contribution >= 0.6 is 0 Å². The van der Waals surface area contributed by atoms with Crippen LogP contribution in [-0.2, 0) is 19.6 Å². The molecule has 0 spiro atoms. The molecule has 1 aromatic rings. The van der Waals surface area contributed by atoms with Crippen molar-refractivity contribution in [1.29, 1.82) is 0 Å². The van der Waals surface area contributed by atoms with Gasteiger partial charge in [0.1, 0.15) is 18.9 Å². The van der Waals surface area contributed by atoms with Crippen molar-refractivity contribution in [3.63, 3.8) is 0 Å². The minimum absolute atomic E-state index is 0.125. The first kappa shape index (κ1) is 19.0. The molecule has 0 heterocycles. The van der Waals surface area contributed by atoms with Gasteiger partial charge in [-0.2, -0.15) is 0 Å². The summed E-state index contributed by atoms with van der Waals surface area (Å²) in [4.78, 5) is 11.9. The van der Waals surface area contributed by atoms with E-state index in [0.717, 1.165) is 4.31 Å². The average Bonchev–Trinajstić information content (AvgIpc) is 2.50. The molecule has 0 radical (unpaired) electrons. The Morgan fingerprint density at radius 1 is 1.39 bits per heavy atom. The van der Waals surface area contributed by atoms with Gasteiger partial charge in [-0.05, 0) is 32.9 Å². The van der Waals surface area contributed by atoms with Gasteiger partial charge in [0.25, 0.3) is 0 Å². The Balaban J connectivity index is 3.09. The van der Waals surface area contributed by atoms with Gasteiger partial charge in [-0.1, -0.05) is 18.7 Å². The molecule has 0 saturated carbocycles. The summed E-state index contributed by atoms with van der Waals surface area (Å²) in [5.41, 5.74) is 0.356. The van der Waals surface area contributed by atoms with Gasteiger partial charge in [0.2, 0.25) is 10.0 Å². The van der Waals surface area contributed by atoms with E-state index in [4.69, 9.17) is 9.47 Å². The van der Waals surface area contributed by atoms with Gasteiger partial charge in [0, 0.05) is 6.07 Å². The first-order valence-corrected chi connectivity index (χ1v) is 8.94. The van der Waals surface area contributed by atoms with Gasteiger partial charge in [-0.25, -0.2) is 8.42 Å². The molecule has 0 N–H and O–H groups in total. The van der Waals surface area contributed by atoms with E-state index < -0.39 is 16.0 Å². The molecule has 0 saturated heterocycles. The summed E-state index contributed by atoms with van der Waals surface area (Å²) in [5, 5.41) is 0. The van der Waals surface area contributed by atoms with Gasteiger partial charge in [-0.3, -0.25) is 9.10 Å².